The average Bonchev–Trinajstić information content (AvgIpc) is 3.39. The third-order valence-electron chi connectivity index (χ3n) is 6.31. The number of nitro benzene ring substituents is 1. The highest BCUT2D eigenvalue weighted by Gasteiger charge is 2.21. The SMILES string of the molecule is O=c1c2ccccc2nc(-c2cc3cc(Br)ccc3o2)n1N=Cc1cc(Br)c(OCc2ccc(Br)cc2)c([N+](=O)[O-])c1. The lowest BCUT2D eigenvalue weighted by molar-refractivity contribution is -0.386. The first-order chi connectivity index (χ1) is 20.3. The third-order valence-corrected chi connectivity index (χ3v) is 7.93. The van der Waals surface area contributed by atoms with Gasteiger partial charge in [0.2, 0.25) is 11.6 Å². The molecule has 9 nitrogen and oxygen atoms in total. The summed E-state index contributed by atoms with van der Waals surface area (Å²) in [6.07, 6.45) is 1.36. The molecule has 6 aromatic rings. The second-order valence-corrected chi connectivity index (χ2v) is 11.8. The summed E-state index contributed by atoms with van der Waals surface area (Å²) in [7, 11) is 0. The number of furan rings is 1. The van der Waals surface area contributed by atoms with Crippen LogP contribution in [0, 0.1) is 10.1 Å². The lowest BCUT2D eigenvalue weighted by atomic mass is 10.2. The van der Waals surface area contributed by atoms with E-state index < -0.39 is 10.5 Å². The topological polar surface area (TPSA) is 113 Å². The minimum absolute atomic E-state index is 0.0822. The van der Waals surface area contributed by atoms with E-state index in [-0.39, 0.29) is 23.9 Å². The molecular weight excluding hydrogens is 736 g/mol. The maximum atomic E-state index is 13.6. The molecule has 0 N–H and O–H groups in total. The zero-order chi connectivity index (χ0) is 29.4. The van der Waals surface area contributed by atoms with Gasteiger partial charge in [-0.2, -0.15) is 9.78 Å². The van der Waals surface area contributed by atoms with E-state index in [2.05, 4.69) is 57.9 Å². The Labute approximate surface area is 263 Å². The molecule has 2 heterocycles. The summed E-state index contributed by atoms with van der Waals surface area (Å²) in [5.74, 6) is 0.607. The van der Waals surface area contributed by atoms with Gasteiger partial charge in [0.25, 0.3) is 5.56 Å². The standard InChI is InChI=1S/C30H17Br3N4O5/c31-20-7-5-17(6-8-20)16-41-28-23(33)11-18(12-25(28)37(39)40)15-34-36-29(35-24-4-2-1-3-22(24)30(36)38)27-14-19-13-21(32)9-10-26(19)42-27/h1-15H,16H2. The van der Waals surface area contributed by atoms with Crippen molar-refractivity contribution in [3.63, 3.8) is 0 Å². The van der Waals surface area contributed by atoms with Gasteiger partial charge in [0.05, 0.1) is 26.5 Å². The molecule has 6 rings (SSSR count). The Balaban J connectivity index is 1.41. The molecule has 0 bridgehead atoms. The van der Waals surface area contributed by atoms with E-state index in [9.17, 15) is 14.9 Å². The monoisotopic (exact) mass is 750 g/mol. The second-order valence-electron chi connectivity index (χ2n) is 9.13. The summed E-state index contributed by atoms with van der Waals surface area (Å²) >= 11 is 10.2. The molecule has 0 saturated heterocycles. The van der Waals surface area contributed by atoms with Gasteiger partial charge >= 0.3 is 5.69 Å². The van der Waals surface area contributed by atoms with E-state index in [1.807, 2.05) is 42.5 Å². The van der Waals surface area contributed by atoms with E-state index in [0.29, 0.717) is 32.3 Å². The van der Waals surface area contributed by atoms with E-state index in [0.717, 1.165) is 24.6 Å². The average molecular weight is 753 g/mol. The van der Waals surface area contributed by atoms with Crippen LogP contribution in [-0.4, -0.2) is 20.8 Å². The first kappa shape index (κ1) is 28.0. The quantitative estimate of drug-likeness (QED) is 0.0919. The van der Waals surface area contributed by atoms with E-state index in [1.165, 1.54) is 12.3 Å². The molecule has 0 aliphatic heterocycles. The summed E-state index contributed by atoms with van der Waals surface area (Å²) in [5.41, 5.74) is 1.63. The Hall–Kier alpha value is -4.13. The van der Waals surface area contributed by atoms with Gasteiger partial charge in [-0.15, -0.1) is 0 Å². The van der Waals surface area contributed by atoms with E-state index in [4.69, 9.17) is 9.15 Å². The summed E-state index contributed by atoms with van der Waals surface area (Å²) in [6, 6.07) is 24.7. The first-order valence-electron chi connectivity index (χ1n) is 12.4. The van der Waals surface area contributed by atoms with Gasteiger partial charge in [-0.25, -0.2) is 4.98 Å². The Kier molecular flexibility index (Phi) is 7.76. The number of benzene rings is 4. The number of nitro groups is 1. The number of fused-ring (bicyclic) bond motifs is 2. The Morgan fingerprint density at radius 1 is 0.976 bits per heavy atom. The largest absolute Gasteiger partial charge is 0.481 e. The van der Waals surface area contributed by atoms with Crippen LogP contribution in [-0.2, 0) is 6.61 Å². The normalized spacial score (nSPS) is 11.5. The number of hydrogen-bond acceptors (Lipinski definition) is 7. The minimum Gasteiger partial charge on any atom is -0.481 e. The maximum Gasteiger partial charge on any atom is 0.312 e. The predicted octanol–water partition coefficient (Wildman–Crippen LogP) is 8.47. The number of ether oxygens (including phenoxy) is 1. The van der Waals surface area contributed by atoms with Crippen molar-refractivity contribution in [2.24, 2.45) is 5.10 Å². The molecular formula is C30H17Br3N4O5. The van der Waals surface area contributed by atoms with Crippen LogP contribution in [0.5, 0.6) is 5.75 Å². The van der Waals surface area contributed by atoms with Crippen molar-refractivity contribution in [3.8, 4) is 17.3 Å². The second kappa shape index (κ2) is 11.6. The van der Waals surface area contributed by atoms with Gasteiger partial charge in [-0.05, 0) is 76.1 Å². The Morgan fingerprint density at radius 3 is 2.52 bits per heavy atom. The van der Waals surface area contributed by atoms with Crippen molar-refractivity contribution in [2.75, 3.05) is 0 Å². The fourth-order valence-corrected chi connectivity index (χ4v) is 5.55. The first-order valence-corrected chi connectivity index (χ1v) is 14.8. The van der Waals surface area contributed by atoms with Crippen molar-refractivity contribution < 1.29 is 14.1 Å². The maximum absolute atomic E-state index is 13.6. The molecule has 12 heteroatoms. The van der Waals surface area contributed by atoms with Crippen LogP contribution in [0.25, 0.3) is 33.5 Å². The predicted molar refractivity (Wildman–Crippen MR) is 171 cm³/mol. The molecule has 0 aliphatic rings. The highest BCUT2D eigenvalue weighted by atomic mass is 79.9. The van der Waals surface area contributed by atoms with Crippen molar-refractivity contribution in [3.05, 3.63) is 130 Å². The third kappa shape index (κ3) is 5.65. The zero-order valence-corrected chi connectivity index (χ0v) is 26.1. The number of aromatic nitrogens is 2. The molecule has 208 valence electrons. The molecule has 0 amide bonds. The van der Waals surface area contributed by atoms with Crippen LogP contribution in [0.4, 0.5) is 5.69 Å². The zero-order valence-electron chi connectivity index (χ0n) is 21.3. The molecule has 0 radical (unpaired) electrons. The van der Waals surface area contributed by atoms with Crippen LogP contribution in [0.3, 0.4) is 0 Å². The van der Waals surface area contributed by atoms with Crippen LogP contribution < -0.4 is 10.3 Å². The van der Waals surface area contributed by atoms with E-state index >= 15 is 0 Å². The number of rotatable bonds is 7. The van der Waals surface area contributed by atoms with Gasteiger partial charge in [-0.3, -0.25) is 14.9 Å². The molecule has 0 unspecified atom stereocenters. The summed E-state index contributed by atoms with van der Waals surface area (Å²) in [5, 5.41) is 17.6. The lowest BCUT2D eigenvalue weighted by Gasteiger charge is -2.10. The van der Waals surface area contributed by atoms with Crippen LogP contribution in [0.15, 0.2) is 113 Å². The van der Waals surface area contributed by atoms with Gasteiger partial charge in [0, 0.05) is 26.0 Å². The van der Waals surface area contributed by atoms with Crippen molar-refractivity contribution in [1.82, 2.24) is 9.66 Å². The minimum atomic E-state index is -0.527. The molecule has 0 aliphatic carbocycles. The highest BCUT2D eigenvalue weighted by Crippen LogP contribution is 2.37. The molecule has 0 saturated carbocycles. The molecule has 4 aromatic carbocycles. The van der Waals surface area contributed by atoms with Gasteiger partial charge in [-0.1, -0.05) is 56.1 Å². The molecule has 0 spiro atoms. The van der Waals surface area contributed by atoms with Crippen molar-refractivity contribution in [1.29, 1.82) is 0 Å². The van der Waals surface area contributed by atoms with Gasteiger partial charge in [0.1, 0.15) is 12.2 Å². The van der Waals surface area contributed by atoms with Crippen LogP contribution in [0.1, 0.15) is 11.1 Å². The van der Waals surface area contributed by atoms with E-state index in [1.54, 1.807) is 36.4 Å². The fraction of sp³-hybridized carbons (Fsp3) is 0.0333. The van der Waals surface area contributed by atoms with Crippen molar-refractivity contribution >= 4 is 81.6 Å². The highest BCUT2D eigenvalue weighted by molar-refractivity contribution is 9.11. The number of hydrogen-bond donors (Lipinski definition) is 0. The summed E-state index contributed by atoms with van der Waals surface area (Å²) < 4.78 is 15.1. The number of nitrogens with zero attached hydrogens (tertiary/aromatic N) is 4. The van der Waals surface area contributed by atoms with Crippen molar-refractivity contribution in [2.45, 2.75) is 6.61 Å². The lowest BCUT2D eigenvalue weighted by Crippen LogP contribution is -2.20. The van der Waals surface area contributed by atoms with Gasteiger partial charge < -0.3 is 9.15 Å². The Morgan fingerprint density at radius 2 is 1.74 bits per heavy atom. The summed E-state index contributed by atoms with van der Waals surface area (Å²) in [6.45, 7) is 0.135. The van der Waals surface area contributed by atoms with Crippen LogP contribution >= 0.6 is 47.8 Å². The van der Waals surface area contributed by atoms with Crippen LogP contribution in [0.2, 0.25) is 0 Å². The Bertz CT molecular complexity index is 2090. The molecule has 2 aromatic heterocycles. The molecule has 42 heavy (non-hydrogen) atoms. The number of para-hydroxylation sites is 1. The molecule has 0 atom stereocenters. The smallest absolute Gasteiger partial charge is 0.312 e. The number of halogens is 3. The fourth-order valence-electron chi connectivity index (χ4n) is 4.33. The molecule has 0 fully saturated rings. The van der Waals surface area contributed by atoms with Gasteiger partial charge in [0.15, 0.2) is 5.76 Å². The summed E-state index contributed by atoms with van der Waals surface area (Å²) in [4.78, 5) is 29.7.